The number of hydrogen-bond acceptors (Lipinski definition) is 4. The number of carboxylic acids is 1. The summed E-state index contributed by atoms with van der Waals surface area (Å²) >= 11 is 0. The normalized spacial score (nSPS) is 11.2. The number of carbonyl (C=O) groups excluding carboxylic acids is 1. The molecule has 0 saturated heterocycles. The van der Waals surface area contributed by atoms with E-state index in [9.17, 15) is 9.59 Å². The summed E-state index contributed by atoms with van der Waals surface area (Å²) in [5.74, 6) is -1.72. The molecule has 1 aromatic rings. The Balaban J connectivity index is 2.65. The highest BCUT2D eigenvalue weighted by atomic mass is 16.4. The van der Waals surface area contributed by atoms with Crippen molar-refractivity contribution in [3.05, 3.63) is 30.1 Å². The molecule has 0 spiro atoms. The van der Waals surface area contributed by atoms with E-state index >= 15 is 0 Å². The minimum Gasteiger partial charge on any atom is -0.480 e. The van der Waals surface area contributed by atoms with Crippen LogP contribution in [0.5, 0.6) is 0 Å². The van der Waals surface area contributed by atoms with Crippen molar-refractivity contribution >= 4 is 11.9 Å². The molecule has 6 heteroatoms. The number of pyridine rings is 1. The molecule has 88 valence electrons. The van der Waals surface area contributed by atoms with Gasteiger partial charge in [0.25, 0.3) is 5.91 Å². The van der Waals surface area contributed by atoms with Crippen molar-refractivity contribution in [1.82, 2.24) is 10.3 Å². The van der Waals surface area contributed by atoms with Gasteiger partial charge in [0.2, 0.25) is 0 Å². The number of rotatable bonds is 5. The third-order valence-corrected chi connectivity index (χ3v) is 2.05. The van der Waals surface area contributed by atoms with Gasteiger partial charge in [0.05, 0.1) is 6.07 Å². The third kappa shape index (κ3) is 3.91. The molecule has 0 aromatic carbocycles. The lowest BCUT2D eigenvalue weighted by atomic mass is 10.1. The summed E-state index contributed by atoms with van der Waals surface area (Å²) in [4.78, 5) is 26.2. The van der Waals surface area contributed by atoms with E-state index in [0.29, 0.717) is 0 Å². The topological polar surface area (TPSA) is 103 Å². The fraction of sp³-hybridized carbons (Fsp3) is 0.273. The second-order valence-electron chi connectivity index (χ2n) is 3.28. The summed E-state index contributed by atoms with van der Waals surface area (Å²) in [6.07, 6.45) is 1.59. The van der Waals surface area contributed by atoms with Gasteiger partial charge < -0.3 is 10.4 Å². The van der Waals surface area contributed by atoms with E-state index in [4.69, 9.17) is 10.4 Å². The van der Waals surface area contributed by atoms with E-state index in [-0.39, 0.29) is 18.5 Å². The number of nitrogens with zero attached hydrogens (tertiary/aromatic N) is 2. The smallest absolute Gasteiger partial charge is 0.326 e. The number of carbonyl (C=O) groups is 2. The van der Waals surface area contributed by atoms with E-state index in [1.807, 2.05) is 6.07 Å². The van der Waals surface area contributed by atoms with E-state index in [0.717, 1.165) is 0 Å². The zero-order valence-electron chi connectivity index (χ0n) is 8.96. The maximum absolute atomic E-state index is 11.6. The van der Waals surface area contributed by atoms with Crippen molar-refractivity contribution in [3.8, 4) is 6.07 Å². The fourth-order valence-corrected chi connectivity index (χ4v) is 1.20. The Hall–Kier alpha value is -2.42. The monoisotopic (exact) mass is 233 g/mol. The molecule has 6 nitrogen and oxygen atoms in total. The molecular weight excluding hydrogens is 222 g/mol. The van der Waals surface area contributed by atoms with Gasteiger partial charge in [-0.3, -0.25) is 9.78 Å². The average molecular weight is 233 g/mol. The summed E-state index contributed by atoms with van der Waals surface area (Å²) in [5.41, 5.74) is 0.149. The summed E-state index contributed by atoms with van der Waals surface area (Å²) in [7, 11) is 0. The number of aromatic nitrogens is 1. The lowest BCUT2D eigenvalue weighted by molar-refractivity contribution is -0.139. The van der Waals surface area contributed by atoms with Gasteiger partial charge in [-0.1, -0.05) is 6.07 Å². The maximum atomic E-state index is 11.6. The van der Waals surface area contributed by atoms with Crippen LogP contribution in [0.4, 0.5) is 0 Å². The molecule has 1 rings (SSSR count). The van der Waals surface area contributed by atoms with Crippen molar-refractivity contribution in [2.75, 3.05) is 0 Å². The highest BCUT2D eigenvalue weighted by molar-refractivity contribution is 5.94. The number of hydrogen-bond donors (Lipinski definition) is 2. The first-order valence-corrected chi connectivity index (χ1v) is 4.97. The Morgan fingerprint density at radius 3 is 2.82 bits per heavy atom. The van der Waals surface area contributed by atoms with Crippen molar-refractivity contribution in [1.29, 1.82) is 5.26 Å². The predicted molar refractivity (Wildman–Crippen MR) is 58.0 cm³/mol. The van der Waals surface area contributed by atoms with Crippen molar-refractivity contribution in [3.63, 3.8) is 0 Å². The summed E-state index contributed by atoms with van der Waals surface area (Å²) < 4.78 is 0. The van der Waals surface area contributed by atoms with Crippen LogP contribution in [0.15, 0.2) is 24.4 Å². The Labute approximate surface area is 97.9 Å². The first-order valence-electron chi connectivity index (χ1n) is 4.97. The van der Waals surface area contributed by atoms with Gasteiger partial charge in [0, 0.05) is 12.6 Å². The van der Waals surface area contributed by atoms with Crippen LogP contribution < -0.4 is 5.32 Å². The standard InChI is InChI=1S/C11H11N3O3/c12-6-3-5-9(11(16)17)14-10(15)8-4-1-2-7-13-8/h1-2,4,7,9H,3,5H2,(H,14,15)(H,16,17)/t9-/m1/s1. The van der Waals surface area contributed by atoms with Crippen molar-refractivity contribution < 1.29 is 14.7 Å². The number of carboxylic acid groups (broad SMARTS) is 1. The minimum absolute atomic E-state index is 0.0689. The molecule has 0 aliphatic carbocycles. The van der Waals surface area contributed by atoms with Crippen LogP contribution in [0.2, 0.25) is 0 Å². The van der Waals surface area contributed by atoms with Gasteiger partial charge in [0.1, 0.15) is 11.7 Å². The van der Waals surface area contributed by atoms with Crippen LogP contribution in [-0.2, 0) is 4.79 Å². The molecule has 0 fully saturated rings. The van der Waals surface area contributed by atoms with E-state index in [1.54, 1.807) is 12.1 Å². The summed E-state index contributed by atoms with van der Waals surface area (Å²) in [6, 6.07) is 5.54. The second-order valence-corrected chi connectivity index (χ2v) is 3.28. The minimum atomic E-state index is -1.16. The maximum Gasteiger partial charge on any atom is 0.326 e. The SMILES string of the molecule is N#CCC[C@@H](NC(=O)c1ccccn1)C(=O)O. The highest BCUT2D eigenvalue weighted by Crippen LogP contribution is 2.00. The molecule has 1 heterocycles. The Kier molecular flexibility index (Phi) is 4.63. The molecule has 0 unspecified atom stereocenters. The summed E-state index contributed by atoms with van der Waals surface area (Å²) in [5, 5.41) is 19.5. The van der Waals surface area contributed by atoms with Gasteiger partial charge in [-0.15, -0.1) is 0 Å². The van der Waals surface area contributed by atoms with E-state index in [1.165, 1.54) is 12.3 Å². The zero-order chi connectivity index (χ0) is 12.7. The second kappa shape index (κ2) is 6.23. The first-order chi connectivity index (χ1) is 8.15. The van der Waals surface area contributed by atoms with Gasteiger partial charge in [-0.05, 0) is 18.6 Å². The van der Waals surface area contributed by atoms with Crippen LogP contribution in [0.3, 0.4) is 0 Å². The van der Waals surface area contributed by atoms with Crippen LogP contribution >= 0.6 is 0 Å². The molecule has 0 saturated carbocycles. The molecule has 17 heavy (non-hydrogen) atoms. The lowest BCUT2D eigenvalue weighted by Crippen LogP contribution is -2.40. The molecule has 2 N–H and O–H groups in total. The molecule has 1 aromatic heterocycles. The fourth-order valence-electron chi connectivity index (χ4n) is 1.20. The van der Waals surface area contributed by atoms with Crippen LogP contribution in [0.25, 0.3) is 0 Å². The van der Waals surface area contributed by atoms with Crippen LogP contribution in [0.1, 0.15) is 23.3 Å². The first kappa shape index (κ1) is 12.6. The van der Waals surface area contributed by atoms with Gasteiger partial charge >= 0.3 is 5.97 Å². The number of nitrogens with one attached hydrogen (secondary N) is 1. The number of amides is 1. The lowest BCUT2D eigenvalue weighted by Gasteiger charge is -2.12. The van der Waals surface area contributed by atoms with E-state index < -0.39 is 17.9 Å². The van der Waals surface area contributed by atoms with E-state index in [2.05, 4.69) is 10.3 Å². The Morgan fingerprint density at radius 1 is 1.53 bits per heavy atom. The van der Waals surface area contributed by atoms with Gasteiger partial charge in [0.15, 0.2) is 0 Å². The predicted octanol–water partition coefficient (Wildman–Crippen LogP) is 0.568. The quantitative estimate of drug-likeness (QED) is 0.773. The third-order valence-electron chi connectivity index (χ3n) is 2.05. The molecule has 0 aliphatic heterocycles. The molecule has 1 atom stereocenters. The zero-order valence-corrected chi connectivity index (χ0v) is 8.96. The molecule has 1 amide bonds. The average Bonchev–Trinajstić information content (AvgIpc) is 2.35. The Bertz CT molecular complexity index is 439. The summed E-state index contributed by atoms with van der Waals surface area (Å²) in [6.45, 7) is 0. The highest BCUT2D eigenvalue weighted by Gasteiger charge is 2.20. The number of aliphatic carboxylic acids is 1. The van der Waals surface area contributed by atoms with Gasteiger partial charge in [-0.25, -0.2) is 4.79 Å². The largest absolute Gasteiger partial charge is 0.480 e. The van der Waals surface area contributed by atoms with Crippen LogP contribution in [0, 0.1) is 11.3 Å². The number of nitriles is 1. The van der Waals surface area contributed by atoms with Crippen molar-refractivity contribution in [2.45, 2.75) is 18.9 Å². The van der Waals surface area contributed by atoms with Crippen molar-refractivity contribution in [2.24, 2.45) is 0 Å². The van der Waals surface area contributed by atoms with Gasteiger partial charge in [-0.2, -0.15) is 5.26 Å². The molecular formula is C11H11N3O3. The Morgan fingerprint density at radius 2 is 2.29 bits per heavy atom. The molecule has 0 bridgehead atoms. The molecule has 0 radical (unpaired) electrons. The molecule has 0 aliphatic rings. The van der Waals surface area contributed by atoms with Crippen LogP contribution in [-0.4, -0.2) is 28.0 Å².